The van der Waals surface area contributed by atoms with Gasteiger partial charge in [-0.1, -0.05) is 0 Å². The number of ether oxygens (including phenoxy) is 2. The first-order chi connectivity index (χ1) is 13.2. The van der Waals surface area contributed by atoms with Gasteiger partial charge in [0.1, 0.15) is 18.1 Å². The zero-order valence-corrected chi connectivity index (χ0v) is 16.9. The van der Waals surface area contributed by atoms with Crippen LogP contribution in [-0.2, 0) is 27.1 Å². The van der Waals surface area contributed by atoms with Gasteiger partial charge in [0.15, 0.2) is 6.54 Å². The predicted octanol–water partition coefficient (Wildman–Crippen LogP) is -0.779. The van der Waals surface area contributed by atoms with Gasteiger partial charge in [-0.15, -0.1) is 11.3 Å². The molecular weight excluding hydrogens is 366 g/mol. The highest BCUT2D eigenvalue weighted by Gasteiger charge is 2.27. The van der Waals surface area contributed by atoms with Gasteiger partial charge in [-0.2, -0.15) is 0 Å². The lowest BCUT2D eigenvalue weighted by Crippen LogP contribution is -3.14. The van der Waals surface area contributed by atoms with E-state index in [1.807, 2.05) is 5.32 Å². The Labute approximate surface area is 164 Å². The molecule has 2 aliphatic rings. The van der Waals surface area contributed by atoms with Crippen LogP contribution in [0.3, 0.4) is 0 Å². The molecule has 3 rings (SSSR count). The van der Waals surface area contributed by atoms with Crippen LogP contribution in [0.4, 0.5) is 5.00 Å². The highest BCUT2D eigenvalue weighted by Crippen LogP contribution is 2.38. The van der Waals surface area contributed by atoms with Crippen molar-refractivity contribution < 1.29 is 29.3 Å². The highest BCUT2D eigenvalue weighted by molar-refractivity contribution is 7.17. The largest absolute Gasteiger partial charge is 0.465 e. The topological polar surface area (TPSA) is 85.7 Å². The normalized spacial score (nSPS) is 17.4. The highest BCUT2D eigenvalue weighted by atomic mass is 32.1. The second-order valence-electron chi connectivity index (χ2n) is 7.20. The van der Waals surface area contributed by atoms with Crippen LogP contribution in [0.2, 0.25) is 0 Å². The minimum absolute atomic E-state index is 0.0579. The summed E-state index contributed by atoms with van der Waals surface area (Å²) in [5.41, 5.74) is 1.65. The molecule has 1 aromatic rings. The van der Waals surface area contributed by atoms with Crippen LogP contribution in [0.5, 0.6) is 0 Å². The number of nitrogens with two attached hydrogens (primary N) is 1. The van der Waals surface area contributed by atoms with Crippen molar-refractivity contribution in [3.05, 3.63) is 16.0 Å². The number of fused-ring (bicyclic) bond motifs is 1. The third kappa shape index (κ3) is 5.51. The number of morpholine rings is 1. The molecule has 2 heterocycles. The molecule has 0 spiro atoms. The average Bonchev–Trinajstić information content (AvgIpc) is 3.05. The molecule has 4 N–H and O–H groups in total. The van der Waals surface area contributed by atoms with E-state index in [9.17, 15) is 9.59 Å². The number of rotatable bonds is 8. The summed E-state index contributed by atoms with van der Waals surface area (Å²) in [4.78, 5) is 27.4. The molecule has 0 atom stereocenters. The van der Waals surface area contributed by atoms with Gasteiger partial charge in [0.25, 0.3) is 5.91 Å². The molecule has 0 saturated carbocycles. The van der Waals surface area contributed by atoms with E-state index in [-0.39, 0.29) is 11.9 Å². The first kappa shape index (κ1) is 20.3. The summed E-state index contributed by atoms with van der Waals surface area (Å²) in [6, 6.07) is 0. The lowest BCUT2D eigenvalue weighted by atomic mass is 9.95. The Morgan fingerprint density at radius 1 is 1.26 bits per heavy atom. The van der Waals surface area contributed by atoms with Crippen LogP contribution in [-0.4, -0.2) is 64.9 Å². The number of methoxy groups -OCH3 is 1. The van der Waals surface area contributed by atoms with Gasteiger partial charge in [0.05, 0.1) is 39.0 Å². The zero-order chi connectivity index (χ0) is 19.1. The number of carbonyl (C=O) groups excluding carboxylic acids is 2. The fraction of sp³-hybridized carbons (Fsp3) is 0.684. The molecule has 8 heteroatoms. The third-order valence-corrected chi connectivity index (χ3v) is 6.49. The monoisotopic (exact) mass is 397 g/mol. The maximum absolute atomic E-state index is 12.3. The van der Waals surface area contributed by atoms with Gasteiger partial charge in [-0.3, -0.25) is 4.79 Å². The van der Waals surface area contributed by atoms with Crippen LogP contribution in [0.15, 0.2) is 0 Å². The van der Waals surface area contributed by atoms with E-state index < -0.39 is 0 Å². The number of carbonyl (C=O) groups is 2. The molecule has 1 amide bonds. The molecule has 1 aromatic heterocycles. The number of hydrogen-bond donors (Lipinski definition) is 3. The molecule has 27 heavy (non-hydrogen) atoms. The number of nitrogens with one attached hydrogen (secondary N) is 2. The van der Waals surface area contributed by atoms with Crippen molar-refractivity contribution in [3.63, 3.8) is 0 Å². The summed E-state index contributed by atoms with van der Waals surface area (Å²) >= 11 is 1.53. The summed E-state index contributed by atoms with van der Waals surface area (Å²) in [5.74, 6) is -0.403. The van der Waals surface area contributed by atoms with Crippen molar-refractivity contribution >= 4 is 28.2 Å². The van der Waals surface area contributed by atoms with Crippen LogP contribution in [0.1, 0.15) is 40.1 Å². The van der Waals surface area contributed by atoms with Gasteiger partial charge in [0, 0.05) is 11.3 Å². The molecule has 0 bridgehead atoms. The molecule has 0 unspecified atom stereocenters. The van der Waals surface area contributed by atoms with Gasteiger partial charge < -0.3 is 25.0 Å². The van der Waals surface area contributed by atoms with Crippen LogP contribution >= 0.6 is 11.3 Å². The molecule has 0 radical (unpaired) electrons. The summed E-state index contributed by atoms with van der Waals surface area (Å²) in [6.45, 7) is 6.32. The first-order valence-electron chi connectivity index (χ1n) is 9.94. The Bertz CT molecular complexity index is 656. The molecular formula is C19H31N3O4S+2. The minimum atomic E-state index is -0.345. The zero-order valence-electron chi connectivity index (χ0n) is 16.1. The fourth-order valence-electron chi connectivity index (χ4n) is 3.79. The summed E-state index contributed by atoms with van der Waals surface area (Å²) in [5, 5.41) is 5.65. The molecule has 0 aromatic carbocycles. The lowest BCUT2D eigenvalue weighted by molar-refractivity contribution is -0.909. The minimum Gasteiger partial charge on any atom is -0.465 e. The number of thiophene rings is 1. The predicted molar refractivity (Wildman–Crippen MR) is 104 cm³/mol. The second kappa shape index (κ2) is 10.2. The Balaban J connectivity index is 1.46. The first-order valence-corrected chi connectivity index (χ1v) is 10.8. The van der Waals surface area contributed by atoms with Crippen molar-refractivity contribution in [2.24, 2.45) is 0 Å². The number of esters is 1. The van der Waals surface area contributed by atoms with Gasteiger partial charge >= 0.3 is 5.97 Å². The van der Waals surface area contributed by atoms with E-state index in [0.29, 0.717) is 17.1 Å². The van der Waals surface area contributed by atoms with E-state index in [1.54, 1.807) is 4.90 Å². The molecule has 150 valence electrons. The van der Waals surface area contributed by atoms with Crippen LogP contribution in [0, 0.1) is 0 Å². The SMILES string of the molecule is COC(=O)c1c(NC(=O)C[NH2+]CCC[NH+]2CCOCC2)sc2c1CCCC2. The molecule has 7 nitrogen and oxygen atoms in total. The second-order valence-corrected chi connectivity index (χ2v) is 8.31. The summed E-state index contributed by atoms with van der Waals surface area (Å²) in [7, 11) is 1.39. The van der Waals surface area contributed by atoms with Crippen molar-refractivity contribution in [2.45, 2.75) is 32.1 Å². The standard InChI is InChI=1S/C19H29N3O4S/c1-25-19(24)17-14-5-2-3-6-15(14)27-18(17)21-16(23)13-20-7-4-8-22-9-11-26-12-10-22/h20H,2-13H2,1H3,(H,21,23)/p+2. The molecule has 1 saturated heterocycles. The number of aryl methyl sites for hydroxylation is 1. The smallest absolute Gasteiger partial charge is 0.341 e. The van der Waals surface area contributed by atoms with Crippen molar-refractivity contribution in [3.8, 4) is 0 Å². The van der Waals surface area contributed by atoms with Gasteiger partial charge in [-0.05, 0) is 31.2 Å². The van der Waals surface area contributed by atoms with Crippen LogP contribution in [0.25, 0.3) is 0 Å². The average molecular weight is 398 g/mol. The number of hydrogen-bond acceptors (Lipinski definition) is 5. The Kier molecular flexibility index (Phi) is 7.63. The van der Waals surface area contributed by atoms with Crippen LogP contribution < -0.4 is 15.5 Å². The number of anilines is 1. The molecule has 1 aliphatic carbocycles. The van der Waals surface area contributed by atoms with E-state index in [1.165, 1.54) is 23.3 Å². The Morgan fingerprint density at radius 3 is 2.81 bits per heavy atom. The number of amides is 1. The third-order valence-electron chi connectivity index (χ3n) is 5.28. The molecule has 1 aliphatic heterocycles. The summed E-state index contributed by atoms with van der Waals surface area (Å²) in [6.07, 6.45) is 5.18. The lowest BCUT2D eigenvalue weighted by Gasteiger charge is -2.23. The summed E-state index contributed by atoms with van der Waals surface area (Å²) < 4.78 is 10.3. The van der Waals surface area contributed by atoms with E-state index in [0.717, 1.165) is 77.1 Å². The van der Waals surface area contributed by atoms with E-state index in [2.05, 4.69) is 5.32 Å². The van der Waals surface area contributed by atoms with E-state index >= 15 is 0 Å². The van der Waals surface area contributed by atoms with Crippen molar-refractivity contribution in [2.75, 3.05) is 58.4 Å². The van der Waals surface area contributed by atoms with Gasteiger partial charge in [-0.25, -0.2) is 4.79 Å². The Hall–Kier alpha value is -1.48. The molecule has 1 fully saturated rings. The van der Waals surface area contributed by atoms with Gasteiger partial charge in [0.2, 0.25) is 0 Å². The van der Waals surface area contributed by atoms with Crippen molar-refractivity contribution in [1.82, 2.24) is 0 Å². The van der Waals surface area contributed by atoms with Crippen molar-refractivity contribution in [1.29, 1.82) is 0 Å². The maximum Gasteiger partial charge on any atom is 0.341 e. The number of quaternary nitrogens is 2. The Morgan fingerprint density at radius 2 is 2.04 bits per heavy atom. The van der Waals surface area contributed by atoms with E-state index in [4.69, 9.17) is 9.47 Å². The quantitative estimate of drug-likeness (QED) is 0.397. The fourth-order valence-corrected chi connectivity index (χ4v) is 5.08. The maximum atomic E-state index is 12.3.